The molecule has 0 aliphatic rings. The molecule has 98 valence electrons. The van der Waals surface area contributed by atoms with Crippen molar-refractivity contribution < 1.29 is 9.84 Å². The lowest BCUT2D eigenvalue weighted by Gasteiger charge is -2.29. The topological polar surface area (TPSA) is 41.5 Å². The Labute approximate surface area is 101 Å². The van der Waals surface area contributed by atoms with Crippen molar-refractivity contribution in [2.45, 2.75) is 58.6 Å². The van der Waals surface area contributed by atoms with Gasteiger partial charge in [0.15, 0.2) is 0 Å². The Morgan fingerprint density at radius 3 is 2.38 bits per heavy atom. The Morgan fingerprint density at radius 1 is 1.31 bits per heavy atom. The molecule has 3 nitrogen and oxygen atoms in total. The summed E-state index contributed by atoms with van der Waals surface area (Å²) >= 11 is 0. The third kappa shape index (κ3) is 7.20. The molecular formula is C13H29NO2. The van der Waals surface area contributed by atoms with Crippen LogP contribution < -0.4 is 5.32 Å². The van der Waals surface area contributed by atoms with Gasteiger partial charge in [0, 0.05) is 12.1 Å². The van der Waals surface area contributed by atoms with Crippen LogP contribution in [0.1, 0.15) is 47.0 Å². The third-order valence-corrected chi connectivity index (χ3v) is 3.02. The lowest BCUT2D eigenvalue weighted by molar-refractivity contribution is 0.0272. The lowest BCUT2D eigenvalue weighted by Crippen LogP contribution is -2.46. The maximum atomic E-state index is 9.26. The molecule has 0 rings (SSSR count). The van der Waals surface area contributed by atoms with Crippen molar-refractivity contribution in [3.63, 3.8) is 0 Å². The van der Waals surface area contributed by atoms with E-state index in [2.05, 4.69) is 26.1 Å². The van der Waals surface area contributed by atoms with Crippen molar-refractivity contribution in [2.24, 2.45) is 5.92 Å². The van der Waals surface area contributed by atoms with Crippen LogP contribution in [0.2, 0.25) is 0 Å². The van der Waals surface area contributed by atoms with E-state index in [-0.39, 0.29) is 18.2 Å². The quantitative estimate of drug-likeness (QED) is 0.598. The molecule has 0 spiro atoms. The van der Waals surface area contributed by atoms with Crippen LogP contribution >= 0.6 is 0 Å². The van der Waals surface area contributed by atoms with Crippen LogP contribution in [0.15, 0.2) is 0 Å². The van der Waals surface area contributed by atoms with Gasteiger partial charge in [0.1, 0.15) is 0 Å². The second-order valence-corrected chi connectivity index (χ2v) is 5.39. The van der Waals surface area contributed by atoms with Crippen molar-refractivity contribution in [3.8, 4) is 0 Å². The van der Waals surface area contributed by atoms with Gasteiger partial charge in [0.05, 0.1) is 12.7 Å². The normalized spacial score (nSPS) is 17.4. The van der Waals surface area contributed by atoms with Crippen molar-refractivity contribution in [1.82, 2.24) is 5.32 Å². The number of ether oxygens (including phenoxy) is 1. The number of nitrogens with one attached hydrogen (secondary N) is 1. The predicted octanol–water partition coefficient (Wildman–Crippen LogP) is 2.19. The van der Waals surface area contributed by atoms with Crippen molar-refractivity contribution in [2.75, 3.05) is 20.3 Å². The predicted molar refractivity (Wildman–Crippen MR) is 68.7 cm³/mol. The largest absolute Gasteiger partial charge is 0.394 e. The van der Waals surface area contributed by atoms with Crippen LogP contribution in [0.3, 0.4) is 0 Å². The van der Waals surface area contributed by atoms with E-state index in [9.17, 15) is 5.11 Å². The fourth-order valence-corrected chi connectivity index (χ4v) is 1.72. The van der Waals surface area contributed by atoms with Gasteiger partial charge in [0.2, 0.25) is 0 Å². The molecule has 0 saturated carbocycles. The van der Waals surface area contributed by atoms with Gasteiger partial charge >= 0.3 is 0 Å². The maximum absolute atomic E-state index is 9.26. The highest BCUT2D eigenvalue weighted by molar-refractivity contribution is 4.82. The second kappa shape index (κ2) is 8.04. The smallest absolute Gasteiger partial charge is 0.0611 e. The summed E-state index contributed by atoms with van der Waals surface area (Å²) in [6.45, 7) is 9.51. The van der Waals surface area contributed by atoms with E-state index in [0.29, 0.717) is 0 Å². The van der Waals surface area contributed by atoms with Crippen LogP contribution in [0.25, 0.3) is 0 Å². The fraction of sp³-hybridized carbons (Fsp3) is 1.00. The maximum Gasteiger partial charge on any atom is 0.0611 e. The summed E-state index contributed by atoms with van der Waals surface area (Å²) in [6.07, 6.45) is 3.37. The van der Waals surface area contributed by atoms with Gasteiger partial charge in [-0.1, -0.05) is 13.8 Å². The van der Waals surface area contributed by atoms with E-state index in [4.69, 9.17) is 4.74 Å². The molecule has 0 bridgehead atoms. The second-order valence-electron chi connectivity index (χ2n) is 5.39. The highest BCUT2D eigenvalue weighted by Crippen LogP contribution is 2.14. The molecule has 0 aromatic rings. The van der Waals surface area contributed by atoms with Crippen molar-refractivity contribution in [3.05, 3.63) is 0 Å². The Morgan fingerprint density at radius 2 is 1.94 bits per heavy atom. The first-order chi connectivity index (χ1) is 7.43. The van der Waals surface area contributed by atoms with E-state index in [0.717, 1.165) is 25.4 Å². The molecule has 0 aliphatic heterocycles. The Bertz CT molecular complexity index is 167. The van der Waals surface area contributed by atoms with Crippen LogP contribution in [0, 0.1) is 5.92 Å². The standard InChI is InChI=1S/C13H29NO2/c1-11(2)7-6-8-16-12(3)9-13(4,10-15)14-5/h11-12,14-15H,6-10H2,1-5H3. The lowest BCUT2D eigenvalue weighted by atomic mass is 9.96. The molecular weight excluding hydrogens is 202 g/mol. The zero-order valence-electron chi connectivity index (χ0n) is 11.5. The van der Waals surface area contributed by atoms with Crippen molar-refractivity contribution >= 4 is 0 Å². The summed E-state index contributed by atoms with van der Waals surface area (Å²) in [5.74, 6) is 0.749. The first-order valence-electron chi connectivity index (χ1n) is 6.35. The Balaban J connectivity index is 3.69. The Hall–Kier alpha value is -0.120. The summed E-state index contributed by atoms with van der Waals surface area (Å²) in [5, 5.41) is 12.4. The third-order valence-electron chi connectivity index (χ3n) is 3.02. The molecule has 0 fully saturated rings. The molecule has 0 heterocycles. The molecule has 0 saturated heterocycles. The molecule has 2 unspecified atom stereocenters. The van der Waals surface area contributed by atoms with Crippen LogP contribution in [0.5, 0.6) is 0 Å². The van der Waals surface area contributed by atoms with Crippen molar-refractivity contribution in [1.29, 1.82) is 0 Å². The minimum Gasteiger partial charge on any atom is -0.394 e. The highest BCUT2D eigenvalue weighted by Gasteiger charge is 2.23. The molecule has 0 aromatic carbocycles. The van der Waals surface area contributed by atoms with Gasteiger partial charge in [-0.05, 0) is 46.1 Å². The van der Waals surface area contributed by atoms with E-state index in [1.54, 1.807) is 0 Å². The van der Waals surface area contributed by atoms with Gasteiger partial charge in [-0.25, -0.2) is 0 Å². The average Bonchev–Trinajstić information content (AvgIpc) is 2.24. The zero-order valence-corrected chi connectivity index (χ0v) is 11.5. The van der Waals surface area contributed by atoms with Gasteiger partial charge in [0.25, 0.3) is 0 Å². The van der Waals surface area contributed by atoms with Gasteiger partial charge in [-0.2, -0.15) is 0 Å². The van der Waals surface area contributed by atoms with E-state index >= 15 is 0 Å². The summed E-state index contributed by atoms with van der Waals surface area (Å²) in [4.78, 5) is 0. The minimum absolute atomic E-state index is 0.142. The van der Waals surface area contributed by atoms with Crippen LogP contribution in [0.4, 0.5) is 0 Å². The van der Waals surface area contributed by atoms with Gasteiger partial charge in [-0.15, -0.1) is 0 Å². The molecule has 2 N–H and O–H groups in total. The molecule has 2 atom stereocenters. The number of rotatable bonds is 9. The number of likely N-dealkylation sites (N-methyl/N-ethyl adjacent to an activating group) is 1. The van der Waals surface area contributed by atoms with Gasteiger partial charge < -0.3 is 15.2 Å². The first kappa shape index (κ1) is 15.9. The van der Waals surface area contributed by atoms with Crippen LogP contribution in [-0.2, 0) is 4.74 Å². The summed E-state index contributed by atoms with van der Waals surface area (Å²) < 4.78 is 5.74. The molecule has 0 radical (unpaired) electrons. The molecule has 16 heavy (non-hydrogen) atoms. The van der Waals surface area contributed by atoms with E-state index in [1.165, 1.54) is 6.42 Å². The van der Waals surface area contributed by atoms with E-state index in [1.807, 2.05) is 14.0 Å². The average molecular weight is 231 g/mol. The number of aliphatic hydroxyl groups is 1. The highest BCUT2D eigenvalue weighted by atomic mass is 16.5. The summed E-state index contributed by atoms with van der Waals surface area (Å²) in [6, 6.07) is 0. The summed E-state index contributed by atoms with van der Waals surface area (Å²) in [5.41, 5.74) is -0.225. The fourth-order valence-electron chi connectivity index (χ4n) is 1.72. The number of aliphatic hydroxyl groups excluding tert-OH is 1. The first-order valence-corrected chi connectivity index (χ1v) is 6.35. The zero-order chi connectivity index (χ0) is 12.6. The minimum atomic E-state index is -0.225. The molecule has 0 aromatic heterocycles. The molecule has 0 aliphatic carbocycles. The Kier molecular flexibility index (Phi) is 7.98. The van der Waals surface area contributed by atoms with Gasteiger partial charge in [-0.3, -0.25) is 0 Å². The van der Waals surface area contributed by atoms with E-state index < -0.39 is 0 Å². The summed E-state index contributed by atoms with van der Waals surface area (Å²) in [7, 11) is 1.88. The number of hydrogen-bond acceptors (Lipinski definition) is 3. The molecule has 0 amide bonds. The van der Waals surface area contributed by atoms with Crippen LogP contribution in [-0.4, -0.2) is 37.0 Å². The SMILES string of the molecule is CNC(C)(CO)CC(C)OCCCC(C)C. The number of hydrogen-bond donors (Lipinski definition) is 2. The monoisotopic (exact) mass is 231 g/mol. The molecule has 3 heteroatoms.